The van der Waals surface area contributed by atoms with Gasteiger partial charge in [0.15, 0.2) is 0 Å². The number of hydrogen-bond donors (Lipinski definition) is 0. The standard InChI is InChI=1S/C10H17F2O5P/c1-4-15-9(13)7-8-10(11,12)18(14,16-5-2)17-6-3/h7-8H,4-6H2,1-3H3/b8-7-. The van der Waals surface area contributed by atoms with Crippen molar-refractivity contribution in [1.29, 1.82) is 0 Å². The molecule has 0 aliphatic carbocycles. The molecule has 8 heteroatoms. The van der Waals surface area contributed by atoms with E-state index < -0.39 is 19.2 Å². The Bertz CT molecular complexity index is 333. The number of carbonyl (C=O) groups is 1. The highest BCUT2D eigenvalue weighted by Gasteiger charge is 2.51. The summed E-state index contributed by atoms with van der Waals surface area (Å²) in [5.74, 6) is -0.947. The van der Waals surface area contributed by atoms with Gasteiger partial charge >= 0.3 is 19.2 Å². The van der Waals surface area contributed by atoms with Crippen LogP contribution >= 0.6 is 7.60 Å². The number of carbonyl (C=O) groups excluding carboxylic acids is 1. The number of allylic oxidation sites excluding steroid dienone is 1. The molecule has 0 atom stereocenters. The average Bonchev–Trinajstić information content (AvgIpc) is 2.27. The van der Waals surface area contributed by atoms with Gasteiger partial charge in [-0.3, -0.25) is 4.57 Å². The molecule has 0 amide bonds. The van der Waals surface area contributed by atoms with Gasteiger partial charge in [-0.15, -0.1) is 0 Å². The summed E-state index contributed by atoms with van der Waals surface area (Å²) < 4.78 is 52.5. The lowest BCUT2D eigenvalue weighted by molar-refractivity contribution is -0.137. The molecule has 106 valence electrons. The van der Waals surface area contributed by atoms with Gasteiger partial charge in [-0.05, 0) is 20.8 Å². The van der Waals surface area contributed by atoms with Gasteiger partial charge < -0.3 is 13.8 Å². The first-order valence-electron chi connectivity index (χ1n) is 5.46. The van der Waals surface area contributed by atoms with Crippen LogP contribution in [0.4, 0.5) is 8.78 Å². The molecule has 0 heterocycles. The largest absolute Gasteiger partial charge is 0.463 e. The highest BCUT2D eigenvalue weighted by atomic mass is 31.2. The maximum absolute atomic E-state index is 13.6. The lowest BCUT2D eigenvalue weighted by Gasteiger charge is -2.22. The molecule has 0 aromatic carbocycles. The van der Waals surface area contributed by atoms with Crippen molar-refractivity contribution in [2.75, 3.05) is 19.8 Å². The lowest BCUT2D eigenvalue weighted by atomic mass is 10.5. The van der Waals surface area contributed by atoms with Gasteiger partial charge in [-0.2, -0.15) is 8.78 Å². The van der Waals surface area contributed by atoms with Crippen LogP contribution in [0, 0.1) is 0 Å². The first kappa shape index (κ1) is 17.2. The van der Waals surface area contributed by atoms with E-state index in [1.54, 1.807) is 0 Å². The predicted molar refractivity (Wildman–Crippen MR) is 61.6 cm³/mol. The number of hydrogen-bond acceptors (Lipinski definition) is 5. The molecule has 0 bridgehead atoms. The minimum Gasteiger partial charge on any atom is -0.463 e. The summed E-state index contributed by atoms with van der Waals surface area (Å²) in [6.45, 7) is 4.03. The number of esters is 1. The lowest BCUT2D eigenvalue weighted by Crippen LogP contribution is -2.18. The Morgan fingerprint density at radius 3 is 2.06 bits per heavy atom. The Morgan fingerprint density at radius 2 is 1.67 bits per heavy atom. The Balaban J connectivity index is 4.95. The first-order valence-corrected chi connectivity index (χ1v) is 7.00. The molecule has 0 saturated heterocycles. The van der Waals surface area contributed by atoms with Crippen LogP contribution in [0.5, 0.6) is 0 Å². The van der Waals surface area contributed by atoms with Crippen molar-refractivity contribution in [2.45, 2.75) is 26.4 Å². The van der Waals surface area contributed by atoms with Crippen molar-refractivity contribution in [1.82, 2.24) is 0 Å². The van der Waals surface area contributed by atoms with Crippen LogP contribution in [-0.2, 0) is 23.1 Å². The predicted octanol–water partition coefficient (Wildman–Crippen LogP) is 2.96. The summed E-state index contributed by atoms with van der Waals surface area (Å²) in [5.41, 5.74) is -3.88. The zero-order valence-corrected chi connectivity index (χ0v) is 11.4. The summed E-state index contributed by atoms with van der Waals surface area (Å²) in [7, 11) is -4.63. The number of alkyl halides is 2. The number of rotatable bonds is 8. The molecule has 0 N–H and O–H groups in total. The van der Waals surface area contributed by atoms with E-state index in [9.17, 15) is 18.1 Å². The fourth-order valence-electron chi connectivity index (χ4n) is 0.999. The van der Waals surface area contributed by atoms with E-state index >= 15 is 0 Å². The van der Waals surface area contributed by atoms with Crippen molar-refractivity contribution >= 4 is 13.6 Å². The molecule has 0 aromatic heterocycles. The SMILES string of the molecule is CCOC(=O)/C=C\C(F)(F)P(=O)(OCC)OCC. The zero-order chi connectivity index (χ0) is 14.2. The molecular formula is C10H17F2O5P. The normalized spacial score (nSPS) is 12.9. The van der Waals surface area contributed by atoms with Crippen molar-refractivity contribution in [3.63, 3.8) is 0 Å². The third kappa shape index (κ3) is 4.84. The molecule has 5 nitrogen and oxygen atoms in total. The van der Waals surface area contributed by atoms with E-state index in [0.29, 0.717) is 6.08 Å². The van der Waals surface area contributed by atoms with Crippen LogP contribution in [0.25, 0.3) is 0 Å². The second-order valence-electron chi connectivity index (χ2n) is 3.01. The van der Waals surface area contributed by atoms with Crippen molar-refractivity contribution in [2.24, 2.45) is 0 Å². The second-order valence-corrected chi connectivity index (χ2v) is 5.11. The van der Waals surface area contributed by atoms with Gasteiger partial charge in [-0.25, -0.2) is 4.79 Å². The smallest absolute Gasteiger partial charge is 0.403 e. The summed E-state index contributed by atoms with van der Waals surface area (Å²) in [4.78, 5) is 10.9. The number of halogens is 2. The molecule has 0 spiro atoms. The van der Waals surface area contributed by atoms with E-state index in [2.05, 4.69) is 13.8 Å². The molecule has 0 aromatic rings. The van der Waals surface area contributed by atoms with Gasteiger partial charge in [0.05, 0.1) is 19.8 Å². The maximum atomic E-state index is 13.6. The molecule has 0 unspecified atom stereocenters. The summed E-state index contributed by atoms with van der Waals surface area (Å²) in [5, 5.41) is 0. The van der Waals surface area contributed by atoms with Crippen LogP contribution in [0.1, 0.15) is 20.8 Å². The fourth-order valence-corrected chi connectivity index (χ4v) is 2.36. The van der Waals surface area contributed by atoms with E-state index in [0.717, 1.165) is 0 Å². The maximum Gasteiger partial charge on any atom is 0.403 e. The summed E-state index contributed by atoms with van der Waals surface area (Å²) in [6, 6.07) is 0. The highest BCUT2D eigenvalue weighted by molar-refractivity contribution is 7.55. The molecule has 0 radical (unpaired) electrons. The van der Waals surface area contributed by atoms with Crippen molar-refractivity contribution < 1.29 is 31.9 Å². The molecule has 0 saturated carbocycles. The Kier molecular flexibility index (Phi) is 7.28. The van der Waals surface area contributed by atoms with Crippen molar-refractivity contribution in [3.05, 3.63) is 12.2 Å². The van der Waals surface area contributed by atoms with E-state index in [-0.39, 0.29) is 25.9 Å². The van der Waals surface area contributed by atoms with Gasteiger partial charge in [-0.1, -0.05) is 0 Å². The topological polar surface area (TPSA) is 61.8 Å². The molecule has 0 aliphatic rings. The molecule has 0 fully saturated rings. The third-order valence-electron chi connectivity index (χ3n) is 1.67. The Labute approximate surface area is 105 Å². The van der Waals surface area contributed by atoms with Gasteiger partial charge in [0.1, 0.15) is 0 Å². The van der Waals surface area contributed by atoms with Crippen LogP contribution in [0.15, 0.2) is 12.2 Å². The second kappa shape index (κ2) is 7.61. The first-order chi connectivity index (χ1) is 8.33. The Hall–Kier alpha value is -0.780. The Morgan fingerprint density at radius 1 is 1.17 bits per heavy atom. The van der Waals surface area contributed by atoms with Crippen LogP contribution in [0.3, 0.4) is 0 Å². The molecule has 18 heavy (non-hydrogen) atoms. The fraction of sp³-hybridized carbons (Fsp3) is 0.700. The highest BCUT2D eigenvalue weighted by Crippen LogP contribution is 2.62. The minimum absolute atomic E-state index is 0.0589. The zero-order valence-electron chi connectivity index (χ0n) is 10.5. The van der Waals surface area contributed by atoms with E-state index in [4.69, 9.17) is 0 Å². The van der Waals surface area contributed by atoms with Crippen LogP contribution in [-0.4, -0.2) is 31.5 Å². The van der Waals surface area contributed by atoms with E-state index in [1.165, 1.54) is 20.8 Å². The quantitative estimate of drug-likeness (QED) is 0.390. The van der Waals surface area contributed by atoms with Crippen molar-refractivity contribution in [3.8, 4) is 0 Å². The number of ether oxygens (including phenoxy) is 1. The van der Waals surface area contributed by atoms with Crippen LogP contribution in [0.2, 0.25) is 0 Å². The van der Waals surface area contributed by atoms with Crippen LogP contribution < -0.4 is 0 Å². The minimum atomic E-state index is -4.63. The van der Waals surface area contributed by atoms with Gasteiger partial charge in [0.25, 0.3) is 0 Å². The molecule has 0 rings (SSSR count). The monoisotopic (exact) mass is 286 g/mol. The summed E-state index contributed by atoms with van der Waals surface area (Å²) in [6.07, 6.45) is 0.686. The summed E-state index contributed by atoms with van der Waals surface area (Å²) >= 11 is 0. The van der Waals surface area contributed by atoms with E-state index in [1.807, 2.05) is 0 Å². The third-order valence-corrected chi connectivity index (χ3v) is 3.75. The molecule has 0 aliphatic heterocycles. The van der Waals surface area contributed by atoms with Gasteiger partial charge in [0, 0.05) is 12.2 Å². The molecular weight excluding hydrogens is 269 g/mol. The average molecular weight is 286 g/mol. The van der Waals surface area contributed by atoms with Gasteiger partial charge in [0.2, 0.25) is 0 Å².